The molecular weight excluding hydrogens is 380 g/mol. The summed E-state index contributed by atoms with van der Waals surface area (Å²) in [4.78, 5) is 15.0. The first-order valence-electron chi connectivity index (χ1n) is 9.87. The second-order valence-electron chi connectivity index (χ2n) is 7.39. The van der Waals surface area contributed by atoms with Crippen LogP contribution in [-0.2, 0) is 11.3 Å². The van der Waals surface area contributed by atoms with Crippen molar-refractivity contribution >= 4 is 45.2 Å². The molecule has 146 valence electrons. The van der Waals surface area contributed by atoms with Gasteiger partial charge in [-0.3, -0.25) is 9.69 Å². The zero-order chi connectivity index (χ0) is 20.1. The van der Waals surface area contributed by atoms with Gasteiger partial charge in [-0.1, -0.05) is 30.3 Å². The van der Waals surface area contributed by atoms with Gasteiger partial charge in [-0.05, 0) is 55.8 Å². The third-order valence-corrected chi connectivity index (χ3v) is 7.03. The van der Waals surface area contributed by atoms with Gasteiger partial charge in [0.25, 0.3) is 0 Å². The Morgan fingerprint density at radius 1 is 0.966 bits per heavy atom. The first kappa shape index (κ1) is 18.1. The Morgan fingerprint density at radius 3 is 2.45 bits per heavy atom. The molecule has 2 heterocycles. The van der Waals surface area contributed by atoms with Crippen LogP contribution in [0.15, 0.2) is 66.7 Å². The van der Waals surface area contributed by atoms with E-state index in [1.54, 1.807) is 23.9 Å². The number of fused-ring (bicyclic) bond motifs is 3. The Kier molecular flexibility index (Phi) is 4.28. The molecule has 5 rings (SSSR count). The molecule has 4 nitrogen and oxygen atoms in total. The molecule has 5 heteroatoms. The van der Waals surface area contributed by atoms with Gasteiger partial charge in [0.2, 0.25) is 5.91 Å². The highest BCUT2D eigenvalue weighted by atomic mass is 32.2. The largest absolute Gasteiger partial charge is 0.508 e. The van der Waals surface area contributed by atoms with Crippen molar-refractivity contribution in [1.29, 1.82) is 0 Å². The number of hydrogen-bond acceptors (Lipinski definition) is 3. The van der Waals surface area contributed by atoms with Crippen molar-refractivity contribution in [3.05, 3.63) is 72.3 Å². The predicted octanol–water partition coefficient (Wildman–Crippen LogP) is 5.69. The van der Waals surface area contributed by atoms with E-state index in [0.29, 0.717) is 0 Å². The van der Waals surface area contributed by atoms with Crippen LogP contribution in [0, 0.1) is 0 Å². The van der Waals surface area contributed by atoms with Crippen molar-refractivity contribution in [2.75, 3.05) is 4.90 Å². The number of nitrogens with zero attached hydrogens (tertiary/aromatic N) is 2. The lowest BCUT2D eigenvalue weighted by Gasteiger charge is -2.24. The number of carbonyl (C=O) groups excluding carboxylic acids is 1. The van der Waals surface area contributed by atoms with Gasteiger partial charge >= 0.3 is 0 Å². The number of rotatable bonds is 3. The van der Waals surface area contributed by atoms with E-state index in [1.165, 1.54) is 21.8 Å². The van der Waals surface area contributed by atoms with Gasteiger partial charge in [-0.15, -0.1) is 11.8 Å². The maximum Gasteiger partial charge on any atom is 0.241 e. The molecule has 1 N–H and O–H groups in total. The van der Waals surface area contributed by atoms with E-state index in [9.17, 15) is 9.90 Å². The standard InChI is InChI=1S/C24H22N2O2S/c1-3-25-21-7-5-4-6-19(21)20-14-17(10-13-22(20)25)26-23(28)15(2)29-24(26)16-8-11-18(27)12-9-16/h4-15,24,27H,3H2,1-2H3. The fourth-order valence-electron chi connectivity index (χ4n) is 4.29. The second kappa shape index (κ2) is 6.85. The zero-order valence-electron chi connectivity index (χ0n) is 16.4. The van der Waals surface area contributed by atoms with Crippen molar-refractivity contribution in [2.24, 2.45) is 0 Å². The lowest BCUT2D eigenvalue weighted by atomic mass is 10.1. The van der Waals surface area contributed by atoms with E-state index >= 15 is 0 Å². The summed E-state index contributed by atoms with van der Waals surface area (Å²) in [5, 5.41) is 11.8. The van der Waals surface area contributed by atoms with Gasteiger partial charge in [-0.25, -0.2) is 0 Å². The molecule has 1 aliphatic rings. The third-order valence-electron chi connectivity index (χ3n) is 5.68. The quantitative estimate of drug-likeness (QED) is 0.479. The van der Waals surface area contributed by atoms with Crippen molar-refractivity contribution in [3.8, 4) is 5.75 Å². The van der Waals surface area contributed by atoms with E-state index in [0.717, 1.165) is 17.8 Å². The van der Waals surface area contributed by atoms with Crippen LogP contribution in [0.25, 0.3) is 21.8 Å². The van der Waals surface area contributed by atoms with Gasteiger partial charge in [0, 0.05) is 34.0 Å². The molecule has 29 heavy (non-hydrogen) atoms. The fourth-order valence-corrected chi connectivity index (χ4v) is 5.56. The number of amides is 1. The summed E-state index contributed by atoms with van der Waals surface area (Å²) in [5.74, 6) is 0.350. The summed E-state index contributed by atoms with van der Waals surface area (Å²) in [6.07, 6.45) is 0. The topological polar surface area (TPSA) is 45.5 Å². The maximum atomic E-state index is 13.1. The Hall–Kier alpha value is -2.92. The van der Waals surface area contributed by atoms with Crippen molar-refractivity contribution < 1.29 is 9.90 Å². The summed E-state index contributed by atoms with van der Waals surface area (Å²) in [7, 11) is 0. The molecule has 0 aliphatic carbocycles. The highest BCUT2D eigenvalue weighted by Gasteiger charge is 2.39. The molecular formula is C24H22N2O2S. The van der Waals surface area contributed by atoms with E-state index in [4.69, 9.17) is 0 Å². The van der Waals surface area contributed by atoms with Crippen LogP contribution in [0.1, 0.15) is 24.8 Å². The van der Waals surface area contributed by atoms with Crippen LogP contribution in [0.5, 0.6) is 5.75 Å². The molecule has 2 unspecified atom stereocenters. The summed E-state index contributed by atoms with van der Waals surface area (Å²) >= 11 is 1.64. The zero-order valence-corrected chi connectivity index (χ0v) is 17.2. The highest BCUT2D eigenvalue weighted by molar-refractivity contribution is 8.01. The predicted molar refractivity (Wildman–Crippen MR) is 121 cm³/mol. The molecule has 1 aliphatic heterocycles. The van der Waals surface area contributed by atoms with Crippen LogP contribution in [0.2, 0.25) is 0 Å². The van der Waals surface area contributed by atoms with Gasteiger partial charge in [-0.2, -0.15) is 0 Å². The molecule has 3 aromatic carbocycles. The average Bonchev–Trinajstić information content (AvgIpc) is 3.22. The van der Waals surface area contributed by atoms with Crippen LogP contribution in [-0.4, -0.2) is 20.8 Å². The number of carbonyl (C=O) groups is 1. The molecule has 0 radical (unpaired) electrons. The van der Waals surface area contributed by atoms with E-state index < -0.39 is 0 Å². The maximum absolute atomic E-state index is 13.1. The number of phenolic OH excluding ortho intramolecular Hbond substituents is 1. The summed E-state index contributed by atoms with van der Waals surface area (Å²) < 4.78 is 2.31. The van der Waals surface area contributed by atoms with Crippen LogP contribution < -0.4 is 4.90 Å². The Labute approximate surface area is 173 Å². The molecule has 4 aromatic rings. The number of anilines is 1. The van der Waals surface area contributed by atoms with Crippen molar-refractivity contribution in [2.45, 2.75) is 31.0 Å². The smallest absolute Gasteiger partial charge is 0.241 e. The molecule has 1 aromatic heterocycles. The van der Waals surface area contributed by atoms with Gasteiger partial charge < -0.3 is 9.67 Å². The number of phenols is 1. The summed E-state index contributed by atoms with van der Waals surface area (Å²) in [6.45, 7) is 5.01. The Bertz CT molecular complexity index is 1230. The first-order chi connectivity index (χ1) is 14.1. The highest BCUT2D eigenvalue weighted by Crippen LogP contribution is 2.46. The summed E-state index contributed by atoms with van der Waals surface area (Å²) in [5.41, 5.74) is 4.33. The number of aromatic nitrogens is 1. The monoisotopic (exact) mass is 402 g/mol. The number of thioether (sulfide) groups is 1. The minimum atomic E-state index is -0.110. The molecule has 0 spiro atoms. The molecule has 2 atom stereocenters. The number of hydrogen-bond donors (Lipinski definition) is 1. The van der Waals surface area contributed by atoms with Crippen LogP contribution in [0.3, 0.4) is 0 Å². The molecule has 0 saturated carbocycles. The Balaban J connectivity index is 1.67. The lowest BCUT2D eigenvalue weighted by molar-refractivity contribution is -0.117. The summed E-state index contributed by atoms with van der Waals surface area (Å²) in [6, 6.07) is 21.9. The lowest BCUT2D eigenvalue weighted by Crippen LogP contribution is -2.30. The first-order valence-corrected chi connectivity index (χ1v) is 10.8. The van der Waals surface area contributed by atoms with E-state index in [1.807, 2.05) is 24.0 Å². The second-order valence-corrected chi connectivity index (χ2v) is 8.82. The van der Waals surface area contributed by atoms with Crippen molar-refractivity contribution in [1.82, 2.24) is 4.57 Å². The molecule has 1 amide bonds. The SMILES string of the molecule is CCn1c2ccccc2c2cc(N3C(=O)C(C)SC3c3ccc(O)cc3)ccc21. The van der Waals surface area contributed by atoms with Crippen LogP contribution >= 0.6 is 11.8 Å². The van der Waals surface area contributed by atoms with E-state index in [-0.39, 0.29) is 22.3 Å². The fraction of sp³-hybridized carbons (Fsp3) is 0.208. The minimum Gasteiger partial charge on any atom is -0.508 e. The normalized spacial score (nSPS) is 19.5. The van der Waals surface area contributed by atoms with Gasteiger partial charge in [0.05, 0.1) is 5.25 Å². The number of aromatic hydroxyl groups is 1. The van der Waals surface area contributed by atoms with Crippen LogP contribution in [0.4, 0.5) is 5.69 Å². The van der Waals surface area contributed by atoms with Gasteiger partial charge in [0.1, 0.15) is 11.1 Å². The number of para-hydroxylation sites is 1. The van der Waals surface area contributed by atoms with Crippen molar-refractivity contribution in [3.63, 3.8) is 0 Å². The van der Waals surface area contributed by atoms with Gasteiger partial charge in [0.15, 0.2) is 0 Å². The average molecular weight is 403 g/mol. The van der Waals surface area contributed by atoms with E-state index in [2.05, 4.69) is 54.0 Å². The minimum absolute atomic E-state index is 0.102. The molecule has 1 saturated heterocycles. The molecule has 1 fully saturated rings. The molecule has 0 bridgehead atoms. The number of benzene rings is 3. The number of aryl methyl sites for hydroxylation is 1. The Morgan fingerprint density at radius 2 is 1.69 bits per heavy atom. The third kappa shape index (κ3) is 2.80.